The van der Waals surface area contributed by atoms with Crippen molar-refractivity contribution in [2.75, 3.05) is 13.7 Å². The molecule has 1 rings (SSSR count). The number of hydrogen-bond donors (Lipinski definition) is 1. The second-order valence-corrected chi connectivity index (χ2v) is 3.59. The van der Waals surface area contributed by atoms with E-state index in [4.69, 9.17) is 9.84 Å². The van der Waals surface area contributed by atoms with Crippen molar-refractivity contribution in [3.8, 4) is 0 Å². The van der Waals surface area contributed by atoms with E-state index < -0.39 is 5.97 Å². The highest BCUT2D eigenvalue weighted by molar-refractivity contribution is 5.81. The second-order valence-electron chi connectivity index (χ2n) is 3.59. The van der Waals surface area contributed by atoms with Crippen molar-refractivity contribution >= 4 is 11.9 Å². The number of carbonyl (C=O) groups is 1. The smallest absolute Gasteiger partial charge is 0.325 e. The number of hydrogen-bond acceptors (Lipinski definition) is 3. The number of aliphatic imine (C=N–C) groups is 1. The summed E-state index contributed by atoms with van der Waals surface area (Å²) in [5.74, 6) is 0.0514. The maximum absolute atomic E-state index is 10.3. The van der Waals surface area contributed by atoms with Crippen LogP contribution < -0.4 is 0 Å². The molecule has 0 bridgehead atoms. The van der Waals surface area contributed by atoms with Crippen LogP contribution in [0.3, 0.4) is 0 Å². The second kappa shape index (κ2) is 5.62. The molecular weight excluding hydrogens is 182 g/mol. The van der Waals surface area contributed by atoms with Gasteiger partial charge >= 0.3 is 5.97 Å². The number of aliphatic carboxylic acids is 1. The summed E-state index contributed by atoms with van der Waals surface area (Å²) in [6.07, 6.45) is 5.81. The number of methoxy groups -OCH3 is 1. The van der Waals surface area contributed by atoms with E-state index in [1.165, 1.54) is 19.3 Å². The molecule has 0 aromatic carbocycles. The largest absolute Gasteiger partial charge is 0.484 e. The van der Waals surface area contributed by atoms with Gasteiger partial charge in [0.1, 0.15) is 6.54 Å². The molecule has 0 aliphatic heterocycles. The zero-order chi connectivity index (χ0) is 10.4. The normalized spacial score (nSPS) is 19.4. The summed E-state index contributed by atoms with van der Waals surface area (Å²) in [5.41, 5.74) is 0. The summed E-state index contributed by atoms with van der Waals surface area (Å²) in [5, 5.41) is 8.49. The molecule has 0 amide bonds. The Labute approximate surface area is 84.0 Å². The highest BCUT2D eigenvalue weighted by atomic mass is 16.5. The predicted molar refractivity (Wildman–Crippen MR) is 53.5 cm³/mol. The highest BCUT2D eigenvalue weighted by Crippen LogP contribution is 2.25. The summed E-state index contributed by atoms with van der Waals surface area (Å²) in [4.78, 5) is 14.3. The Morgan fingerprint density at radius 2 is 2.07 bits per heavy atom. The van der Waals surface area contributed by atoms with Crippen molar-refractivity contribution in [3.05, 3.63) is 0 Å². The molecule has 80 valence electrons. The van der Waals surface area contributed by atoms with Crippen molar-refractivity contribution in [2.24, 2.45) is 10.9 Å². The Hall–Kier alpha value is -1.06. The number of carboxylic acid groups (broad SMARTS) is 1. The molecule has 0 aromatic heterocycles. The first-order valence-corrected chi connectivity index (χ1v) is 5.04. The summed E-state index contributed by atoms with van der Waals surface area (Å²) in [6.45, 7) is -0.181. The first-order valence-electron chi connectivity index (χ1n) is 5.04. The molecule has 4 heteroatoms. The molecule has 0 spiro atoms. The van der Waals surface area contributed by atoms with Crippen LogP contribution in [0, 0.1) is 5.92 Å². The van der Waals surface area contributed by atoms with Gasteiger partial charge in [0, 0.05) is 5.92 Å². The highest BCUT2D eigenvalue weighted by Gasteiger charge is 2.19. The van der Waals surface area contributed by atoms with Crippen LogP contribution >= 0.6 is 0 Å². The molecule has 1 saturated carbocycles. The Balaban J connectivity index is 2.50. The van der Waals surface area contributed by atoms with Crippen LogP contribution in [0.2, 0.25) is 0 Å². The fourth-order valence-electron chi connectivity index (χ4n) is 1.86. The van der Waals surface area contributed by atoms with Crippen molar-refractivity contribution in [3.63, 3.8) is 0 Å². The van der Waals surface area contributed by atoms with Crippen LogP contribution in [-0.2, 0) is 9.53 Å². The van der Waals surface area contributed by atoms with Crippen LogP contribution in [0.1, 0.15) is 32.1 Å². The average Bonchev–Trinajstić information content (AvgIpc) is 2.20. The van der Waals surface area contributed by atoms with E-state index in [9.17, 15) is 4.79 Å². The minimum Gasteiger partial charge on any atom is -0.484 e. The Kier molecular flexibility index (Phi) is 4.43. The summed E-state index contributed by atoms with van der Waals surface area (Å²) in [7, 11) is 1.56. The molecule has 1 aliphatic rings. The van der Waals surface area contributed by atoms with Gasteiger partial charge in [0.05, 0.1) is 7.11 Å². The van der Waals surface area contributed by atoms with Crippen LogP contribution in [-0.4, -0.2) is 30.6 Å². The van der Waals surface area contributed by atoms with Crippen molar-refractivity contribution in [1.29, 1.82) is 0 Å². The minimum absolute atomic E-state index is 0.181. The van der Waals surface area contributed by atoms with Crippen molar-refractivity contribution in [1.82, 2.24) is 0 Å². The van der Waals surface area contributed by atoms with Gasteiger partial charge in [0.25, 0.3) is 0 Å². The molecule has 0 heterocycles. The lowest BCUT2D eigenvalue weighted by Gasteiger charge is -2.21. The van der Waals surface area contributed by atoms with E-state index in [2.05, 4.69) is 4.99 Å². The first kappa shape index (κ1) is 11.0. The van der Waals surface area contributed by atoms with E-state index in [1.807, 2.05) is 0 Å². The van der Waals surface area contributed by atoms with Gasteiger partial charge in [0.15, 0.2) is 5.90 Å². The van der Waals surface area contributed by atoms with E-state index in [1.54, 1.807) is 7.11 Å². The van der Waals surface area contributed by atoms with Crippen LogP contribution in [0.5, 0.6) is 0 Å². The Morgan fingerprint density at radius 3 is 2.57 bits per heavy atom. The SMILES string of the molecule is CO/C(=N\CC(=O)O)C1CCCCC1. The minimum atomic E-state index is -0.907. The lowest BCUT2D eigenvalue weighted by atomic mass is 9.89. The molecule has 0 aromatic rings. The van der Waals surface area contributed by atoms with Crippen LogP contribution in [0.25, 0.3) is 0 Å². The fraction of sp³-hybridized carbons (Fsp3) is 0.800. The van der Waals surface area contributed by atoms with E-state index >= 15 is 0 Å². The summed E-state index contributed by atoms with van der Waals surface area (Å²) < 4.78 is 5.13. The predicted octanol–water partition coefficient (Wildman–Crippen LogP) is 1.70. The lowest BCUT2D eigenvalue weighted by molar-refractivity contribution is -0.135. The summed E-state index contributed by atoms with van der Waals surface area (Å²) >= 11 is 0. The molecule has 1 fully saturated rings. The van der Waals surface area contributed by atoms with Crippen LogP contribution in [0.15, 0.2) is 4.99 Å². The lowest BCUT2D eigenvalue weighted by Crippen LogP contribution is -2.20. The number of rotatable bonds is 3. The molecule has 1 aliphatic carbocycles. The molecule has 1 N–H and O–H groups in total. The van der Waals surface area contributed by atoms with Gasteiger partial charge in [-0.3, -0.25) is 4.79 Å². The summed E-state index contributed by atoms with van der Waals surface area (Å²) in [6, 6.07) is 0. The zero-order valence-corrected chi connectivity index (χ0v) is 8.53. The molecule has 0 radical (unpaired) electrons. The van der Waals surface area contributed by atoms with E-state index in [-0.39, 0.29) is 6.54 Å². The first-order chi connectivity index (χ1) is 6.74. The topological polar surface area (TPSA) is 58.9 Å². The maximum atomic E-state index is 10.3. The van der Waals surface area contributed by atoms with Gasteiger partial charge < -0.3 is 9.84 Å². The van der Waals surface area contributed by atoms with Crippen molar-refractivity contribution < 1.29 is 14.6 Å². The zero-order valence-electron chi connectivity index (χ0n) is 8.53. The quantitative estimate of drug-likeness (QED) is 0.556. The Bertz CT molecular complexity index is 219. The van der Waals surface area contributed by atoms with E-state index in [0.717, 1.165) is 12.8 Å². The monoisotopic (exact) mass is 199 g/mol. The molecule has 0 saturated heterocycles. The Morgan fingerprint density at radius 1 is 1.43 bits per heavy atom. The number of ether oxygens (including phenoxy) is 1. The van der Waals surface area contributed by atoms with Gasteiger partial charge in [-0.1, -0.05) is 19.3 Å². The third-order valence-electron chi connectivity index (χ3n) is 2.53. The van der Waals surface area contributed by atoms with Crippen molar-refractivity contribution in [2.45, 2.75) is 32.1 Å². The number of nitrogens with zero attached hydrogens (tertiary/aromatic N) is 1. The third-order valence-corrected chi connectivity index (χ3v) is 2.53. The standard InChI is InChI=1S/C10H17NO3/c1-14-10(11-7-9(12)13)8-5-3-2-4-6-8/h8H,2-7H2,1H3,(H,12,13)/b11-10-. The van der Waals surface area contributed by atoms with E-state index in [0.29, 0.717) is 11.8 Å². The van der Waals surface area contributed by atoms with Gasteiger partial charge in [-0.05, 0) is 12.8 Å². The van der Waals surface area contributed by atoms with Gasteiger partial charge in [0.2, 0.25) is 0 Å². The molecule has 14 heavy (non-hydrogen) atoms. The average molecular weight is 199 g/mol. The van der Waals surface area contributed by atoms with Gasteiger partial charge in [-0.2, -0.15) is 0 Å². The molecule has 0 unspecified atom stereocenters. The molecular formula is C10H17NO3. The van der Waals surface area contributed by atoms with Gasteiger partial charge in [-0.15, -0.1) is 0 Å². The maximum Gasteiger partial charge on any atom is 0.325 e. The third kappa shape index (κ3) is 3.36. The number of carboxylic acids is 1. The van der Waals surface area contributed by atoms with Gasteiger partial charge in [-0.25, -0.2) is 4.99 Å². The molecule has 4 nitrogen and oxygen atoms in total. The van der Waals surface area contributed by atoms with Crippen LogP contribution in [0.4, 0.5) is 0 Å². The molecule has 0 atom stereocenters. The fourth-order valence-corrected chi connectivity index (χ4v) is 1.86.